The fourth-order valence-corrected chi connectivity index (χ4v) is 1.81. The number of rotatable bonds is 5. The maximum absolute atomic E-state index is 11.3. The number of aromatic nitrogens is 1. The van der Waals surface area contributed by atoms with Gasteiger partial charge in [-0.1, -0.05) is 6.07 Å². The summed E-state index contributed by atoms with van der Waals surface area (Å²) in [5, 5.41) is 2.97. The molecule has 0 saturated carbocycles. The lowest BCUT2D eigenvalue weighted by atomic mass is 10.2. The van der Waals surface area contributed by atoms with Gasteiger partial charge >= 0.3 is 11.7 Å². The molecule has 1 N–H and O–H groups in total. The molecule has 0 unspecified atom stereocenters. The molecular weight excluding hydrogens is 248 g/mol. The lowest BCUT2D eigenvalue weighted by molar-refractivity contribution is -0.142. The van der Waals surface area contributed by atoms with Crippen LogP contribution in [-0.4, -0.2) is 23.7 Å². The minimum atomic E-state index is -0.383. The molecule has 0 aliphatic carbocycles. The Morgan fingerprint density at radius 1 is 1.47 bits per heavy atom. The standard InChI is InChI=1S/C13H16N2O4/c1-3-18-12(16)8-14-7-9-4-5-10-11(6-9)19-13(17)15(10)2/h4-6,14H,3,7-8H2,1-2H3. The van der Waals surface area contributed by atoms with E-state index in [1.165, 1.54) is 4.57 Å². The number of ether oxygens (including phenoxy) is 1. The van der Waals surface area contributed by atoms with Crippen LogP contribution < -0.4 is 11.1 Å². The normalized spacial score (nSPS) is 10.8. The van der Waals surface area contributed by atoms with Gasteiger partial charge in [0.1, 0.15) is 0 Å². The number of carbonyl (C=O) groups is 1. The number of nitrogens with one attached hydrogen (secondary N) is 1. The van der Waals surface area contributed by atoms with E-state index in [1.807, 2.05) is 12.1 Å². The molecule has 0 aliphatic heterocycles. The van der Waals surface area contributed by atoms with Gasteiger partial charge in [0, 0.05) is 13.6 Å². The average Bonchev–Trinajstić information content (AvgIpc) is 2.65. The molecule has 2 rings (SSSR count). The Kier molecular flexibility index (Phi) is 4.01. The van der Waals surface area contributed by atoms with Crippen molar-refractivity contribution in [2.45, 2.75) is 13.5 Å². The first-order valence-corrected chi connectivity index (χ1v) is 6.06. The van der Waals surface area contributed by atoms with Crippen molar-refractivity contribution >= 4 is 17.1 Å². The van der Waals surface area contributed by atoms with Crippen molar-refractivity contribution in [3.63, 3.8) is 0 Å². The van der Waals surface area contributed by atoms with Gasteiger partial charge in [0.05, 0.1) is 18.7 Å². The number of oxazole rings is 1. The summed E-state index contributed by atoms with van der Waals surface area (Å²) >= 11 is 0. The lowest BCUT2D eigenvalue weighted by Gasteiger charge is -2.04. The molecule has 0 atom stereocenters. The van der Waals surface area contributed by atoms with E-state index in [0.717, 1.165) is 11.1 Å². The van der Waals surface area contributed by atoms with E-state index in [9.17, 15) is 9.59 Å². The minimum absolute atomic E-state index is 0.157. The van der Waals surface area contributed by atoms with Crippen molar-refractivity contribution < 1.29 is 13.9 Å². The molecule has 0 radical (unpaired) electrons. The van der Waals surface area contributed by atoms with Crippen LogP contribution in [0.4, 0.5) is 0 Å². The number of carbonyl (C=O) groups excluding carboxylic acids is 1. The molecular formula is C13H16N2O4. The van der Waals surface area contributed by atoms with Gasteiger partial charge in [-0.05, 0) is 24.6 Å². The summed E-state index contributed by atoms with van der Waals surface area (Å²) < 4.78 is 11.3. The Hall–Kier alpha value is -2.08. The Morgan fingerprint density at radius 2 is 2.26 bits per heavy atom. The third-order valence-corrected chi connectivity index (χ3v) is 2.76. The number of benzene rings is 1. The predicted octanol–water partition coefficient (Wildman–Crippen LogP) is 0.784. The molecule has 6 heteroatoms. The topological polar surface area (TPSA) is 73.5 Å². The van der Waals surface area contributed by atoms with E-state index in [0.29, 0.717) is 18.7 Å². The first kappa shape index (κ1) is 13.4. The largest absolute Gasteiger partial charge is 0.465 e. The van der Waals surface area contributed by atoms with Gasteiger partial charge in [-0.25, -0.2) is 4.79 Å². The van der Waals surface area contributed by atoms with E-state index in [-0.39, 0.29) is 18.3 Å². The fraction of sp³-hybridized carbons (Fsp3) is 0.385. The zero-order chi connectivity index (χ0) is 13.8. The Morgan fingerprint density at radius 3 is 3.00 bits per heavy atom. The molecule has 0 spiro atoms. The summed E-state index contributed by atoms with van der Waals surface area (Å²) in [6, 6.07) is 5.49. The number of fused-ring (bicyclic) bond motifs is 1. The second-order valence-corrected chi connectivity index (χ2v) is 4.14. The molecule has 1 aromatic carbocycles. The van der Waals surface area contributed by atoms with Crippen molar-refractivity contribution in [3.05, 3.63) is 34.3 Å². The molecule has 0 bridgehead atoms. The third kappa shape index (κ3) is 3.03. The van der Waals surface area contributed by atoms with Gasteiger partial charge in [0.2, 0.25) is 0 Å². The summed E-state index contributed by atoms with van der Waals surface area (Å²) in [6.07, 6.45) is 0. The van der Waals surface area contributed by atoms with Gasteiger partial charge in [0.15, 0.2) is 5.58 Å². The highest BCUT2D eigenvalue weighted by Gasteiger charge is 2.06. The predicted molar refractivity (Wildman–Crippen MR) is 69.8 cm³/mol. The van der Waals surface area contributed by atoms with Gasteiger partial charge in [0.25, 0.3) is 0 Å². The lowest BCUT2D eigenvalue weighted by Crippen LogP contribution is -2.24. The van der Waals surface area contributed by atoms with E-state index in [4.69, 9.17) is 9.15 Å². The molecule has 19 heavy (non-hydrogen) atoms. The first-order chi connectivity index (χ1) is 9.11. The van der Waals surface area contributed by atoms with Crippen LogP contribution in [0, 0.1) is 0 Å². The SMILES string of the molecule is CCOC(=O)CNCc1ccc2c(c1)oc(=O)n2C. The Labute approximate surface area is 110 Å². The fourth-order valence-electron chi connectivity index (χ4n) is 1.81. The second kappa shape index (κ2) is 5.71. The number of esters is 1. The molecule has 1 aromatic heterocycles. The monoisotopic (exact) mass is 264 g/mol. The highest BCUT2D eigenvalue weighted by atomic mass is 16.5. The van der Waals surface area contributed by atoms with Crippen LogP contribution in [0.5, 0.6) is 0 Å². The number of hydrogen-bond acceptors (Lipinski definition) is 5. The highest BCUT2D eigenvalue weighted by molar-refractivity contribution is 5.74. The Balaban J connectivity index is 2.02. The Bertz CT molecular complexity index is 642. The van der Waals surface area contributed by atoms with Crippen molar-refractivity contribution in [1.29, 1.82) is 0 Å². The molecule has 0 saturated heterocycles. The van der Waals surface area contributed by atoms with Crippen LogP contribution in [0.1, 0.15) is 12.5 Å². The molecule has 1 heterocycles. The summed E-state index contributed by atoms with van der Waals surface area (Å²) in [5.41, 5.74) is 2.23. The molecule has 0 aliphatic rings. The third-order valence-electron chi connectivity index (χ3n) is 2.76. The van der Waals surface area contributed by atoms with Crippen LogP contribution in [0.25, 0.3) is 11.1 Å². The molecule has 6 nitrogen and oxygen atoms in total. The van der Waals surface area contributed by atoms with E-state index in [1.54, 1.807) is 20.0 Å². The van der Waals surface area contributed by atoms with Crippen molar-refractivity contribution in [2.75, 3.05) is 13.2 Å². The molecule has 0 amide bonds. The van der Waals surface area contributed by atoms with Crippen LogP contribution in [-0.2, 0) is 23.1 Å². The van der Waals surface area contributed by atoms with Crippen molar-refractivity contribution in [2.24, 2.45) is 7.05 Å². The summed E-state index contributed by atoms with van der Waals surface area (Å²) in [7, 11) is 1.66. The number of aryl methyl sites for hydroxylation is 1. The van der Waals surface area contributed by atoms with Crippen LogP contribution in [0.15, 0.2) is 27.4 Å². The zero-order valence-electron chi connectivity index (χ0n) is 10.9. The van der Waals surface area contributed by atoms with Crippen molar-refractivity contribution in [3.8, 4) is 0 Å². The summed E-state index contributed by atoms with van der Waals surface area (Å²) in [5.74, 6) is -0.665. The van der Waals surface area contributed by atoms with Crippen LogP contribution in [0.2, 0.25) is 0 Å². The van der Waals surface area contributed by atoms with Crippen molar-refractivity contribution in [1.82, 2.24) is 9.88 Å². The second-order valence-electron chi connectivity index (χ2n) is 4.14. The number of hydrogen-bond donors (Lipinski definition) is 1. The highest BCUT2D eigenvalue weighted by Crippen LogP contribution is 2.13. The van der Waals surface area contributed by atoms with Gasteiger partial charge < -0.3 is 14.5 Å². The zero-order valence-corrected chi connectivity index (χ0v) is 10.9. The summed E-state index contributed by atoms with van der Waals surface area (Å²) in [6.45, 7) is 2.81. The smallest absolute Gasteiger partial charge is 0.419 e. The van der Waals surface area contributed by atoms with Crippen LogP contribution >= 0.6 is 0 Å². The van der Waals surface area contributed by atoms with Crippen LogP contribution in [0.3, 0.4) is 0 Å². The quantitative estimate of drug-likeness (QED) is 0.808. The maximum atomic E-state index is 11.3. The first-order valence-electron chi connectivity index (χ1n) is 6.06. The minimum Gasteiger partial charge on any atom is -0.465 e. The van der Waals surface area contributed by atoms with E-state index >= 15 is 0 Å². The maximum Gasteiger partial charge on any atom is 0.419 e. The van der Waals surface area contributed by atoms with E-state index in [2.05, 4.69) is 5.32 Å². The van der Waals surface area contributed by atoms with Gasteiger partial charge in [-0.2, -0.15) is 0 Å². The molecule has 0 fully saturated rings. The number of nitrogens with zero attached hydrogens (tertiary/aromatic N) is 1. The summed E-state index contributed by atoms with van der Waals surface area (Å²) in [4.78, 5) is 22.5. The molecule has 102 valence electrons. The van der Waals surface area contributed by atoms with Gasteiger partial charge in [-0.3, -0.25) is 9.36 Å². The van der Waals surface area contributed by atoms with E-state index < -0.39 is 0 Å². The average molecular weight is 264 g/mol. The molecule has 2 aromatic rings. The van der Waals surface area contributed by atoms with Gasteiger partial charge in [-0.15, -0.1) is 0 Å².